The van der Waals surface area contributed by atoms with Crippen LogP contribution in [0.2, 0.25) is 0 Å². The van der Waals surface area contributed by atoms with Crippen molar-refractivity contribution in [3.63, 3.8) is 0 Å². The van der Waals surface area contributed by atoms with Crippen molar-refractivity contribution in [1.82, 2.24) is 19.6 Å². The van der Waals surface area contributed by atoms with Crippen LogP contribution in [0.5, 0.6) is 46.0 Å². The predicted octanol–water partition coefficient (Wildman–Crippen LogP) is 13.7. The van der Waals surface area contributed by atoms with E-state index >= 15 is 0 Å². The summed E-state index contributed by atoms with van der Waals surface area (Å²) < 4.78 is 369. The van der Waals surface area contributed by atoms with Crippen LogP contribution >= 0.6 is 0 Å². The molecule has 0 aromatic heterocycles. The number of benzene rings is 4. The predicted molar refractivity (Wildman–Crippen MR) is 370 cm³/mol. The van der Waals surface area contributed by atoms with Crippen LogP contribution in [0.4, 0.5) is 0 Å². The minimum Gasteiger partial charge on any atom is -0.493 e. The van der Waals surface area contributed by atoms with E-state index in [0.29, 0.717) is 67.9 Å². The van der Waals surface area contributed by atoms with E-state index in [1.807, 2.05) is 24.8 Å². The molecule has 4 aromatic rings. The maximum Gasteiger partial charge on any atom is 0.161 e. The number of methoxy groups -OCH3 is 8. The maximum absolute atomic E-state index is 14.1. The second kappa shape index (κ2) is 32.7. The highest BCUT2D eigenvalue weighted by Gasteiger charge is 2.43. The molecule has 10 unspecified atom stereocenters. The quantitative estimate of drug-likeness (QED) is 0.0926. The molecule has 4 aromatic carbocycles. The summed E-state index contributed by atoms with van der Waals surface area (Å²) in [5.41, 5.74) is 2.33. The fourth-order valence-corrected chi connectivity index (χ4v) is 13.0. The monoisotopic (exact) mass is 1340 g/mol. The Morgan fingerprint density at radius 2 is 0.957 bits per heavy atom. The van der Waals surface area contributed by atoms with Crippen LogP contribution in [0.15, 0.2) is 48.5 Å². The van der Waals surface area contributed by atoms with Crippen LogP contribution in [-0.4, -0.2) is 152 Å². The van der Waals surface area contributed by atoms with Crippen molar-refractivity contribution < 1.29 is 112 Å². The van der Waals surface area contributed by atoms with Crippen LogP contribution in [-0.2, 0) is 44.8 Å². The van der Waals surface area contributed by atoms with Crippen molar-refractivity contribution >= 4 is 23.1 Å². The number of ether oxygens (including phenoxy) is 8. The number of hydrogen-bond acceptors (Lipinski definition) is 16. The SMILES string of the molecule is [2H]C([2H])([2H])Oc1cc2c(cc1OC)CCN1CC(C([2H])([2H])C([2H])(C([2H])([2H])[2H])C([2H])([2H])C)C(=O)CC21.[2H]C([2H])([2H])Oc1cc2c(cc1OC)CCN1CC(CC(C)C)C(=O)CC21.[2H]C([2H])([2H])Oc1cc2c(cc1OC)CCN1CC([2H])(CC(C)C)C(=O)C([2H])([2H])C21.[2H]c1c(OC)c(OC)c([2H])c2c1C([2H])([2H])C([2H])([2H])N1C([2H])([2H])C([2H])(C([2H])([2H])C([2H])(C([2H])([2H])[2H])C([2H])([2H])C)C(=O)C([2H])([2H])C21[2H]. The van der Waals surface area contributed by atoms with Gasteiger partial charge in [-0.2, -0.15) is 0 Å². The van der Waals surface area contributed by atoms with Crippen molar-refractivity contribution in [3.8, 4) is 46.0 Å². The number of ketones is 4. The van der Waals surface area contributed by atoms with Crippen LogP contribution < -0.4 is 37.9 Å². The van der Waals surface area contributed by atoms with Gasteiger partial charge in [0.1, 0.15) is 23.1 Å². The van der Waals surface area contributed by atoms with E-state index in [0.717, 1.165) is 69.3 Å². The molecule has 8 aliphatic heterocycles. The van der Waals surface area contributed by atoms with Crippen LogP contribution in [0.25, 0.3) is 0 Å². The molecule has 94 heavy (non-hydrogen) atoms. The molecule has 0 N–H and O–H groups in total. The molecule has 0 spiro atoms. The zero-order valence-electron chi connectivity index (χ0n) is 94.9. The molecule has 0 amide bonds. The Kier molecular flexibility index (Phi) is 12.5. The van der Waals surface area contributed by atoms with E-state index < -0.39 is 197 Å². The molecule has 0 bridgehead atoms. The van der Waals surface area contributed by atoms with Crippen molar-refractivity contribution in [1.29, 1.82) is 0 Å². The van der Waals surface area contributed by atoms with Crippen LogP contribution in [0.1, 0.15) is 243 Å². The first-order valence-electron chi connectivity index (χ1n) is 51.1. The summed E-state index contributed by atoms with van der Waals surface area (Å²) in [5.74, 6) is -18.3. The fraction of sp³-hybridized carbons (Fsp3) is 0.641. The molecule has 516 valence electrons. The molecule has 16 nitrogen and oxygen atoms in total. The molecule has 0 saturated carbocycles. The zero-order chi connectivity index (χ0) is 103. The molecular formula is C78H112N4O12. The third kappa shape index (κ3) is 16.4. The van der Waals surface area contributed by atoms with Crippen LogP contribution in [0.3, 0.4) is 0 Å². The first kappa shape index (κ1) is 35.9. The molecule has 4 saturated heterocycles. The Hall–Kier alpha value is -6.20. The summed E-state index contributed by atoms with van der Waals surface area (Å²) >= 11 is 0. The highest BCUT2D eigenvalue weighted by Crippen LogP contribution is 2.48. The minimum atomic E-state index is -4.60. The summed E-state index contributed by atoms with van der Waals surface area (Å²) in [7, 11) is -1.75. The fourth-order valence-electron chi connectivity index (χ4n) is 13.0. The van der Waals surface area contributed by atoms with Gasteiger partial charge in [0.2, 0.25) is 0 Å². The first-order valence-corrected chi connectivity index (χ1v) is 31.1. The first-order chi connectivity index (χ1) is 60.4. The standard InChI is InChI=1S/2C20H29NO3.2C19H27NO3/c2*1-5-13(2)8-15-12-21-7-6-14-9-19(23-3)20(24-4)10-16(14)17(21)11-18(15)22;2*1-12(2)7-14-11-20-6-5-13-8-18(22-3)19(23-4)9-15(13)16(20)10-17(14)21/h2*9-10,13,15,17H,5-8,11-12H2,1-4H3;2*8-9,12,14,16H,5-7,10-11H2,1-4H3/i2D3,5D2,6D2,7D2,8D2,9D,10D,11D2,12D2,13D,15D,17D;2D3,4D3,5D2,8D2,13D;4D3,10D2,14D;4D3. The average molecular weight is 1340 g/mol. The van der Waals surface area contributed by atoms with Crippen molar-refractivity contribution in [2.45, 2.75) is 169 Å². The van der Waals surface area contributed by atoms with Gasteiger partial charge in [0.25, 0.3) is 0 Å². The molecular weight excluding hydrogens is 1180 g/mol. The summed E-state index contributed by atoms with van der Waals surface area (Å²) in [6.07, 6.45) is -20.7. The van der Waals surface area contributed by atoms with E-state index in [2.05, 4.69) is 18.7 Å². The average Bonchev–Trinajstić information content (AvgIpc) is 0.634. The number of Topliss-reactive ketones (excluding diaryl/α,β-unsaturated/α-hetero) is 4. The third-order valence-electron chi connectivity index (χ3n) is 17.6. The van der Waals surface area contributed by atoms with Gasteiger partial charge < -0.3 is 37.9 Å². The van der Waals surface area contributed by atoms with Crippen molar-refractivity contribution in [3.05, 3.63) is 93.0 Å². The van der Waals surface area contributed by atoms with E-state index in [1.54, 1.807) is 23.1 Å². The number of piperidine rings is 4. The largest absolute Gasteiger partial charge is 0.493 e. The lowest BCUT2D eigenvalue weighted by Crippen LogP contribution is -2.46. The minimum absolute atomic E-state index is 0.000445. The summed E-state index contributed by atoms with van der Waals surface area (Å²) in [4.78, 5) is 58.4. The summed E-state index contributed by atoms with van der Waals surface area (Å²) in [6.45, 7) is -4.07. The lowest BCUT2D eigenvalue weighted by atomic mass is 9.79. The smallest absolute Gasteiger partial charge is 0.161 e. The number of fused-ring (bicyclic) bond motifs is 12. The molecule has 4 fully saturated rings. The Morgan fingerprint density at radius 3 is 1.44 bits per heavy atom. The lowest BCUT2D eigenvalue weighted by Gasteiger charge is -2.43. The van der Waals surface area contributed by atoms with Gasteiger partial charge in [0.05, 0.1) is 73.1 Å². The van der Waals surface area contributed by atoms with Gasteiger partial charge in [-0.3, -0.25) is 38.8 Å². The molecule has 8 aliphatic rings. The van der Waals surface area contributed by atoms with Gasteiger partial charge in [0.15, 0.2) is 46.0 Å². The second-order valence-corrected chi connectivity index (χ2v) is 24.4. The molecule has 0 aliphatic carbocycles. The second-order valence-electron chi connectivity index (χ2n) is 24.4. The number of carbonyl (C=O) groups is 4. The molecule has 10 atom stereocenters. The Balaban J connectivity index is 0.000000204. The Morgan fingerprint density at radius 1 is 0.511 bits per heavy atom. The van der Waals surface area contributed by atoms with E-state index in [4.69, 9.17) is 91.4 Å². The van der Waals surface area contributed by atoms with Gasteiger partial charge in [-0.05, 0) is 168 Å². The normalized spacial score (nSPS) is 37.9. The van der Waals surface area contributed by atoms with Crippen molar-refractivity contribution in [2.24, 2.45) is 47.2 Å². The zero-order valence-corrected chi connectivity index (χ0v) is 54.9. The number of nitrogens with zero attached hydrogens (tertiary/aromatic N) is 4. The summed E-state index contributed by atoms with van der Waals surface area (Å²) in [5, 5.41) is 0. The summed E-state index contributed by atoms with van der Waals surface area (Å²) in [6, 6.07) is 2.33. The van der Waals surface area contributed by atoms with E-state index in [9.17, 15) is 20.5 Å². The van der Waals surface area contributed by atoms with Crippen molar-refractivity contribution in [2.75, 3.05) is 109 Å². The van der Waals surface area contributed by atoms with E-state index in [1.165, 1.54) is 33.5 Å². The molecule has 8 heterocycles. The number of hydrogen-bond donors (Lipinski definition) is 0. The lowest BCUT2D eigenvalue weighted by molar-refractivity contribution is -0.130. The van der Waals surface area contributed by atoms with Gasteiger partial charge >= 0.3 is 0 Å². The van der Waals surface area contributed by atoms with E-state index in [-0.39, 0.29) is 72.6 Å². The Bertz CT molecular complexity index is 5080. The van der Waals surface area contributed by atoms with Crippen LogP contribution in [0, 0.1) is 47.2 Å². The topological polar surface area (TPSA) is 155 Å². The molecule has 12 rings (SSSR count). The van der Waals surface area contributed by atoms with Gasteiger partial charge in [-0.25, -0.2) is 0 Å². The highest BCUT2D eigenvalue weighted by atomic mass is 16.5. The third-order valence-corrected chi connectivity index (χ3v) is 17.6. The molecule has 0 radical (unpaired) electrons. The van der Waals surface area contributed by atoms with Gasteiger partial charge in [-0.15, -0.1) is 0 Å². The van der Waals surface area contributed by atoms with Gasteiger partial charge in [0, 0.05) is 164 Å². The molecule has 16 heteroatoms. The van der Waals surface area contributed by atoms with Gasteiger partial charge in [-0.1, -0.05) is 68.0 Å². The number of rotatable bonds is 18. The maximum atomic E-state index is 14.1. The highest BCUT2D eigenvalue weighted by molar-refractivity contribution is 5.85. The number of carbonyl (C=O) groups excluding carboxylic acids is 4. The Labute approximate surface area is 618 Å².